The number of carbonyl (C=O) groups is 1. The highest BCUT2D eigenvalue weighted by Crippen LogP contribution is 2.17. The Morgan fingerprint density at radius 3 is 2.68 bits per heavy atom. The van der Waals surface area contributed by atoms with Crippen LogP contribution in [-0.4, -0.2) is 17.7 Å². The lowest BCUT2D eigenvalue weighted by Crippen LogP contribution is -2.04. The molecular weight excluding hydrogens is 276 g/mol. The lowest BCUT2D eigenvalue weighted by atomic mass is 10.1. The average Bonchev–Trinajstić information content (AvgIpc) is 2.56. The van der Waals surface area contributed by atoms with Gasteiger partial charge in [0.2, 0.25) is 0 Å². The smallest absolute Gasteiger partial charge is 0.338 e. The molecule has 0 aliphatic rings. The van der Waals surface area contributed by atoms with Gasteiger partial charge < -0.3 is 9.84 Å². The van der Waals surface area contributed by atoms with Crippen LogP contribution >= 0.6 is 0 Å². The monoisotopic (exact) mass is 296 g/mol. The maximum absolute atomic E-state index is 11.7. The molecule has 0 aliphatic heterocycles. The molecule has 1 atom stereocenters. The fourth-order valence-electron chi connectivity index (χ4n) is 2.13. The fraction of sp³-hybridized carbons (Fsp3) is 0.211. The molecule has 0 saturated heterocycles. The Balaban J connectivity index is 1.98. The molecule has 0 bridgehead atoms. The van der Waals surface area contributed by atoms with Crippen LogP contribution in [0.1, 0.15) is 40.9 Å². The zero-order chi connectivity index (χ0) is 15.8. The Bertz CT molecular complexity index is 632. The summed E-state index contributed by atoms with van der Waals surface area (Å²) in [6.07, 6.45) is 3.80. The summed E-state index contributed by atoms with van der Waals surface area (Å²) in [6.45, 7) is 2.15. The zero-order valence-corrected chi connectivity index (χ0v) is 12.6. The molecule has 0 fully saturated rings. The number of hydrogen-bond donors (Lipinski definition) is 1. The van der Waals surface area contributed by atoms with E-state index < -0.39 is 6.10 Å². The number of hydrogen-bond acceptors (Lipinski definition) is 3. The predicted molar refractivity (Wildman–Crippen MR) is 87.5 cm³/mol. The van der Waals surface area contributed by atoms with Gasteiger partial charge in [0.25, 0.3) is 0 Å². The number of aliphatic hydroxyl groups excluding tert-OH is 1. The number of aliphatic hydroxyl groups is 1. The second kappa shape index (κ2) is 8.15. The summed E-state index contributed by atoms with van der Waals surface area (Å²) in [5.41, 5.74) is 2.34. The van der Waals surface area contributed by atoms with E-state index in [-0.39, 0.29) is 5.97 Å². The molecular formula is C19H20O3. The van der Waals surface area contributed by atoms with Crippen LogP contribution < -0.4 is 0 Å². The molecule has 3 heteroatoms. The zero-order valence-electron chi connectivity index (χ0n) is 12.6. The van der Waals surface area contributed by atoms with E-state index in [2.05, 4.69) is 0 Å². The summed E-state index contributed by atoms with van der Waals surface area (Å²) in [5, 5.41) is 10.1. The minimum Gasteiger partial charge on any atom is -0.462 e. The van der Waals surface area contributed by atoms with Crippen LogP contribution in [0.25, 0.3) is 6.08 Å². The third-order valence-corrected chi connectivity index (χ3v) is 3.25. The fourth-order valence-corrected chi connectivity index (χ4v) is 2.13. The standard InChI is InChI=1S/C19H20O3/c1-2-22-19(21)17-12-6-8-15(14-17)9-7-13-18(20)16-10-4-3-5-11-16/h3-12,14,18,20H,2,13H2,1H3. The van der Waals surface area contributed by atoms with E-state index in [0.29, 0.717) is 18.6 Å². The number of rotatable bonds is 6. The van der Waals surface area contributed by atoms with Crippen molar-refractivity contribution in [1.29, 1.82) is 0 Å². The summed E-state index contributed by atoms with van der Waals surface area (Å²) in [4.78, 5) is 11.7. The highest BCUT2D eigenvalue weighted by molar-refractivity contribution is 5.90. The Hall–Kier alpha value is -2.39. The third kappa shape index (κ3) is 4.57. The Morgan fingerprint density at radius 1 is 1.18 bits per heavy atom. The molecule has 0 aliphatic carbocycles. The largest absolute Gasteiger partial charge is 0.462 e. The average molecular weight is 296 g/mol. The van der Waals surface area contributed by atoms with Crippen molar-refractivity contribution in [3.05, 3.63) is 77.4 Å². The van der Waals surface area contributed by atoms with E-state index in [4.69, 9.17) is 4.74 Å². The van der Waals surface area contributed by atoms with Crippen LogP contribution in [0.2, 0.25) is 0 Å². The first-order valence-electron chi connectivity index (χ1n) is 7.37. The molecule has 1 N–H and O–H groups in total. The van der Waals surface area contributed by atoms with Gasteiger partial charge in [0.15, 0.2) is 0 Å². The van der Waals surface area contributed by atoms with E-state index in [1.54, 1.807) is 19.1 Å². The topological polar surface area (TPSA) is 46.5 Å². The third-order valence-electron chi connectivity index (χ3n) is 3.25. The molecule has 2 aromatic rings. The highest BCUT2D eigenvalue weighted by atomic mass is 16.5. The van der Waals surface area contributed by atoms with Gasteiger partial charge in [0, 0.05) is 0 Å². The van der Waals surface area contributed by atoms with Gasteiger partial charge in [-0.15, -0.1) is 0 Å². The maximum Gasteiger partial charge on any atom is 0.338 e. The SMILES string of the molecule is CCOC(=O)c1cccc(C=CCC(O)c2ccccc2)c1. The van der Waals surface area contributed by atoms with Gasteiger partial charge in [-0.1, -0.05) is 54.6 Å². The summed E-state index contributed by atoms with van der Waals surface area (Å²) < 4.78 is 4.98. The van der Waals surface area contributed by atoms with Gasteiger partial charge in [-0.25, -0.2) is 4.79 Å². The summed E-state index contributed by atoms with van der Waals surface area (Å²) in [6, 6.07) is 16.8. The van der Waals surface area contributed by atoms with Crippen molar-refractivity contribution >= 4 is 12.0 Å². The minimum atomic E-state index is -0.523. The molecule has 0 aromatic heterocycles. The van der Waals surface area contributed by atoms with Gasteiger partial charge in [-0.3, -0.25) is 0 Å². The van der Waals surface area contributed by atoms with Crippen LogP contribution in [0.15, 0.2) is 60.7 Å². The van der Waals surface area contributed by atoms with Gasteiger partial charge in [0.1, 0.15) is 0 Å². The van der Waals surface area contributed by atoms with Crippen molar-refractivity contribution in [2.75, 3.05) is 6.61 Å². The molecule has 0 saturated carbocycles. The van der Waals surface area contributed by atoms with Crippen LogP contribution in [0, 0.1) is 0 Å². The quantitative estimate of drug-likeness (QED) is 0.820. The van der Waals surface area contributed by atoms with Gasteiger partial charge in [0.05, 0.1) is 18.3 Å². The first-order chi connectivity index (χ1) is 10.7. The van der Waals surface area contributed by atoms with E-state index in [9.17, 15) is 9.90 Å². The summed E-state index contributed by atoms with van der Waals surface area (Å²) >= 11 is 0. The molecule has 0 spiro atoms. The molecule has 1 unspecified atom stereocenters. The van der Waals surface area contributed by atoms with E-state index in [1.165, 1.54) is 0 Å². The van der Waals surface area contributed by atoms with E-state index in [1.807, 2.05) is 54.6 Å². The second-order valence-corrected chi connectivity index (χ2v) is 4.91. The van der Waals surface area contributed by atoms with Crippen molar-refractivity contribution in [3.8, 4) is 0 Å². The summed E-state index contributed by atoms with van der Waals surface area (Å²) in [5.74, 6) is -0.318. The molecule has 2 aromatic carbocycles. The first-order valence-corrected chi connectivity index (χ1v) is 7.37. The lowest BCUT2D eigenvalue weighted by molar-refractivity contribution is 0.0526. The van der Waals surface area contributed by atoms with Crippen molar-refractivity contribution < 1.29 is 14.6 Å². The lowest BCUT2D eigenvalue weighted by Gasteiger charge is -2.07. The highest BCUT2D eigenvalue weighted by Gasteiger charge is 2.06. The summed E-state index contributed by atoms with van der Waals surface area (Å²) in [7, 11) is 0. The van der Waals surface area contributed by atoms with Crippen LogP contribution in [0.4, 0.5) is 0 Å². The van der Waals surface area contributed by atoms with Crippen LogP contribution in [-0.2, 0) is 4.74 Å². The van der Waals surface area contributed by atoms with Crippen molar-refractivity contribution in [2.45, 2.75) is 19.4 Å². The van der Waals surface area contributed by atoms with Gasteiger partial charge in [-0.05, 0) is 36.6 Å². The Morgan fingerprint density at radius 2 is 1.95 bits per heavy atom. The molecule has 3 nitrogen and oxygen atoms in total. The second-order valence-electron chi connectivity index (χ2n) is 4.91. The number of ether oxygens (including phenoxy) is 1. The number of carbonyl (C=O) groups excluding carboxylic acids is 1. The first kappa shape index (κ1) is 16.0. The Labute approximate surface area is 130 Å². The van der Waals surface area contributed by atoms with Crippen molar-refractivity contribution in [3.63, 3.8) is 0 Å². The molecule has 2 rings (SSSR count). The van der Waals surface area contributed by atoms with Gasteiger partial charge >= 0.3 is 5.97 Å². The van der Waals surface area contributed by atoms with E-state index in [0.717, 1.165) is 11.1 Å². The molecule has 114 valence electrons. The number of esters is 1. The van der Waals surface area contributed by atoms with Crippen LogP contribution in [0.5, 0.6) is 0 Å². The molecule has 22 heavy (non-hydrogen) atoms. The normalized spacial score (nSPS) is 12.3. The number of benzene rings is 2. The molecule has 0 amide bonds. The molecule has 0 radical (unpaired) electrons. The van der Waals surface area contributed by atoms with E-state index >= 15 is 0 Å². The van der Waals surface area contributed by atoms with Gasteiger partial charge in [-0.2, -0.15) is 0 Å². The maximum atomic E-state index is 11.7. The Kier molecular flexibility index (Phi) is 5.92. The van der Waals surface area contributed by atoms with Crippen molar-refractivity contribution in [1.82, 2.24) is 0 Å². The predicted octanol–water partition coefficient (Wildman–Crippen LogP) is 4.00. The van der Waals surface area contributed by atoms with Crippen molar-refractivity contribution in [2.24, 2.45) is 0 Å². The minimum absolute atomic E-state index is 0.318. The molecule has 0 heterocycles. The van der Waals surface area contributed by atoms with Crippen LogP contribution in [0.3, 0.4) is 0 Å².